The molecule has 1 N–H and O–H groups in total. The standard InChI is InChI=1S/C12H13IN4O/c1-12(2,3)8-7(13)11(18)17-10(16-8)9-14-5-4-6-15-9/h4-6H,1-3H3,(H,16,17,18). The van der Waals surface area contributed by atoms with E-state index in [2.05, 4.69) is 19.9 Å². The van der Waals surface area contributed by atoms with Crippen LogP contribution in [0.3, 0.4) is 0 Å². The van der Waals surface area contributed by atoms with E-state index < -0.39 is 0 Å². The molecule has 0 bridgehead atoms. The minimum Gasteiger partial charge on any atom is -0.303 e. The Morgan fingerprint density at radius 1 is 1.22 bits per heavy atom. The van der Waals surface area contributed by atoms with Crippen molar-refractivity contribution in [3.63, 3.8) is 0 Å². The molecule has 2 aromatic heterocycles. The lowest BCUT2D eigenvalue weighted by atomic mass is 9.92. The molecule has 5 nitrogen and oxygen atoms in total. The summed E-state index contributed by atoms with van der Waals surface area (Å²) in [5.41, 5.74) is 0.404. The van der Waals surface area contributed by atoms with Crippen LogP contribution in [0, 0.1) is 3.57 Å². The number of nitrogens with one attached hydrogen (secondary N) is 1. The number of nitrogens with zero attached hydrogens (tertiary/aromatic N) is 3. The Bertz CT molecular complexity index is 616. The second-order valence-electron chi connectivity index (χ2n) is 4.90. The third-order valence-electron chi connectivity index (χ3n) is 2.35. The molecule has 0 saturated heterocycles. The van der Waals surface area contributed by atoms with E-state index in [4.69, 9.17) is 0 Å². The van der Waals surface area contributed by atoms with E-state index in [9.17, 15) is 4.79 Å². The van der Waals surface area contributed by atoms with E-state index >= 15 is 0 Å². The predicted molar refractivity (Wildman–Crippen MR) is 77.3 cm³/mol. The summed E-state index contributed by atoms with van der Waals surface area (Å²) in [6, 6.07) is 1.72. The number of hydrogen-bond acceptors (Lipinski definition) is 4. The molecule has 0 aromatic carbocycles. The maximum atomic E-state index is 11.9. The monoisotopic (exact) mass is 356 g/mol. The quantitative estimate of drug-likeness (QED) is 0.795. The zero-order valence-electron chi connectivity index (χ0n) is 10.4. The summed E-state index contributed by atoms with van der Waals surface area (Å²) < 4.78 is 0.611. The van der Waals surface area contributed by atoms with E-state index in [-0.39, 0.29) is 11.0 Å². The fraction of sp³-hybridized carbons (Fsp3) is 0.333. The molecule has 18 heavy (non-hydrogen) atoms. The van der Waals surface area contributed by atoms with Gasteiger partial charge < -0.3 is 4.98 Å². The maximum absolute atomic E-state index is 11.9. The van der Waals surface area contributed by atoms with E-state index in [0.717, 1.165) is 5.69 Å². The van der Waals surface area contributed by atoms with E-state index in [1.807, 2.05) is 43.4 Å². The predicted octanol–water partition coefficient (Wildman–Crippen LogP) is 2.13. The van der Waals surface area contributed by atoms with Crippen LogP contribution >= 0.6 is 22.6 Å². The molecular weight excluding hydrogens is 343 g/mol. The molecule has 6 heteroatoms. The highest BCUT2D eigenvalue weighted by Crippen LogP contribution is 2.24. The van der Waals surface area contributed by atoms with Crippen LogP contribution in [0.1, 0.15) is 26.5 Å². The summed E-state index contributed by atoms with van der Waals surface area (Å²) in [5, 5.41) is 0. The molecule has 2 heterocycles. The van der Waals surface area contributed by atoms with Gasteiger partial charge in [0.1, 0.15) is 3.57 Å². The number of aromatic amines is 1. The van der Waals surface area contributed by atoms with E-state index in [1.54, 1.807) is 18.5 Å². The number of halogens is 1. The van der Waals surface area contributed by atoms with Crippen molar-refractivity contribution in [2.75, 3.05) is 0 Å². The number of H-pyrrole nitrogens is 1. The molecule has 0 aliphatic carbocycles. The molecular formula is C12H13IN4O. The van der Waals surface area contributed by atoms with Crippen molar-refractivity contribution in [1.29, 1.82) is 0 Å². The summed E-state index contributed by atoms with van der Waals surface area (Å²) in [6.07, 6.45) is 3.24. The Morgan fingerprint density at radius 2 is 1.83 bits per heavy atom. The Labute approximate surface area is 118 Å². The van der Waals surface area contributed by atoms with Crippen molar-refractivity contribution in [2.24, 2.45) is 0 Å². The molecule has 2 rings (SSSR count). The van der Waals surface area contributed by atoms with Crippen LogP contribution in [0.5, 0.6) is 0 Å². The Balaban J connectivity index is 2.66. The largest absolute Gasteiger partial charge is 0.303 e. The summed E-state index contributed by atoms with van der Waals surface area (Å²) in [5.74, 6) is 0.836. The summed E-state index contributed by atoms with van der Waals surface area (Å²) in [7, 11) is 0. The first-order valence-electron chi connectivity index (χ1n) is 5.47. The third kappa shape index (κ3) is 2.58. The smallest absolute Gasteiger partial charge is 0.264 e. The molecule has 0 fully saturated rings. The minimum absolute atomic E-state index is 0.155. The van der Waals surface area contributed by atoms with Crippen LogP contribution < -0.4 is 5.56 Å². The van der Waals surface area contributed by atoms with Crippen molar-refractivity contribution in [3.8, 4) is 11.6 Å². The van der Waals surface area contributed by atoms with E-state index in [0.29, 0.717) is 15.2 Å². The summed E-state index contributed by atoms with van der Waals surface area (Å²) in [6.45, 7) is 6.06. The lowest BCUT2D eigenvalue weighted by molar-refractivity contribution is 0.561. The van der Waals surface area contributed by atoms with Crippen LogP contribution in [0.25, 0.3) is 11.6 Å². The molecule has 0 aliphatic rings. The Kier molecular flexibility index (Phi) is 3.47. The van der Waals surface area contributed by atoms with Gasteiger partial charge in [-0.05, 0) is 28.7 Å². The number of aromatic nitrogens is 4. The molecule has 0 saturated carbocycles. The van der Waals surface area contributed by atoms with Crippen LogP contribution in [-0.2, 0) is 5.41 Å². The van der Waals surface area contributed by atoms with Crippen molar-refractivity contribution in [2.45, 2.75) is 26.2 Å². The van der Waals surface area contributed by atoms with Crippen LogP contribution in [0.15, 0.2) is 23.3 Å². The highest BCUT2D eigenvalue weighted by molar-refractivity contribution is 14.1. The van der Waals surface area contributed by atoms with Crippen molar-refractivity contribution < 1.29 is 0 Å². The van der Waals surface area contributed by atoms with Crippen molar-refractivity contribution >= 4 is 22.6 Å². The van der Waals surface area contributed by atoms with Gasteiger partial charge in [0.05, 0.1) is 5.69 Å². The molecule has 2 aromatic rings. The molecule has 0 spiro atoms. The maximum Gasteiger partial charge on any atom is 0.264 e. The molecule has 0 unspecified atom stereocenters. The zero-order valence-corrected chi connectivity index (χ0v) is 12.5. The Morgan fingerprint density at radius 3 is 2.39 bits per heavy atom. The summed E-state index contributed by atoms with van der Waals surface area (Å²) in [4.78, 5) is 27.3. The van der Waals surface area contributed by atoms with Gasteiger partial charge in [0.2, 0.25) is 0 Å². The van der Waals surface area contributed by atoms with Gasteiger partial charge in [-0.25, -0.2) is 15.0 Å². The molecule has 0 radical (unpaired) electrons. The lowest BCUT2D eigenvalue weighted by Gasteiger charge is -2.19. The van der Waals surface area contributed by atoms with Crippen LogP contribution in [0.4, 0.5) is 0 Å². The third-order valence-corrected chi connectivity index (χ3v) is 3.35. The molecule has 94 valence electrons. The van der Waals surface area contributed by atoms with Crippen molar-refractivity contribution in [3.05, 3.63) is 38.1 Å². The zero-order chi connectivity index (χ0) is 13.3. The van der Waals surface area contributed by atoms with Gasteiger partial charge in [-0.15, -0.1) is 0 Å². The van der Waals surface area contributed by atoms with Gasteiger partial charge in [-0.1, -0.05) is 20.8 Å². The van der Waals surface area contributed by atoms with Crippen molar-refractivity contribution in [1.82, 2.24) is 19.9 Å². The van der Waals surface area contributed by atoms with Gasteiger partial charge in [-0.2, -0.15) is 0 Å². The topological polar surface area (TPSA) is 71.5 Å². The van der Waals surface area contributed by atoms with E-state index in [1.165, 1.54) is 0 Å². The average molecular weight is 356 g/mol. The fourth-order valence-corrected chi connectivity index (χ4v) is 2.55. The average Bonchev–Trinajstić information content (AvgIpc) is 2.32. The first-order chi connectivity index (χ1) is 8.39. The number of hydrogen-bond donors (Lipinski definition) is 1. The van der Waals surface area contributed by atoms with Gasteiger partial charge in [0.25, 0.3) is 5.56 Å². The van der Waals surface area contributed by atoms with Gasteiger partial charge >= 0.3 is 0 Å². The first-order valence-corrected chi connectivity index (χ1v) is 6.55. The van der Waals surface area contributed by atoms with Gasteiger partial charge in [0.15, 0.2) is 11.6 Å². The molecule has 0 amide bonds. The minimum atomic E-state index is -0.200. The first kappa shape index (κ1) is 13.1. The van der Waals surface area contributed by atoms with Gasteiger partial charge in [0, 0.05) is 17.8 Å². The second kappa shape index (κ2) is 4.75. The fourth-order valence-electron chi connectivity index (χ4n) is 1.48. The highest BCUT2D eigenvalue weighted by atomic mass is 127. The van der Waals surface area contributed by atoms with Gasteiger partial charge in [-0.3, -0.25) is 4.79 Å². The molecule has 0 aliphatic heterocycles. The SMILES string of the molecule is CC(C)(C)c1nc(-c2ncccn2)[nH]c(=O)c1I. The second-order valence-corrected chi connectivity index (χ2v) is 5.98. The molecule has 0 atom stereocenters. The van der Waals surface area contributed by atoms with Crippen LogP contribution in [0.2, 0.25) is 0 Å². The normalized spacial score (nSPS) is 11.6. The van der Waals surface area contributed by atoms with Crippen LogP contribution in [-0.4, -0.2) is 19.9 Å². The lowest BCUT2D eigenvalue weighted by Crippen LogP contribution is -2.24. The number of rotatable bonds is 1. The summed E-state index contributed by atoms with van der Waals surface area (Å²) >= 11 is 2.02. The highest BCUT2D eigenvalue weighted by Gasteiger charge is 2.22. The Hall–Kier alpha value is -1.31.